The summed E-state index contributed by atoms with van der Waals surface area (Å²) in [5.74, 6) is 0.0727. The SMILES string of the molecule is CC(C)(C)c1ccc(Nc2ncnc(Cl)c2[N+](=O)[O-])cc1. The first-order valence-corrected chi connectivity index (χ1v) is 6.69. The van der Waals surface area contributed by atoms with Crippen LogP contribution in [0.15, 0.2) is 30.6 Å². The predicted octanol–water partition coefficient (Wildman–Crippen LogP) is 4.08. The fraction of sp³-hybridized carbons (Fsp3) is 0.286. The maximum atomic E-state index is 11.0. The second-order valence-corrected chi connectivity index (χ2v) is 5.93. The van der Waals surface area contributed by atoms with Crippen molar-refractivity contribution in [2.75, 3.05) is 5.32 Å². The second-order valence-electron chi connectivity index (χ2n) is 5.57. The van der Waals surface area contributed by atoms with Crippen molar-refractivity contribution in [2.24, 2.45) is 0 Å². The lowest BCUT2D eigenvalue weighted by Gasteiger charge is -2.19. The summed E-state index contributed by atoms with van der Waals surface area (Å²) in [6, 6.07) is 7.63. The monoisotopic (exact) mass is 306 g/mol. The van der Waals surface area contributed by atoms with Crippen LogP contribution in [-0.2, 0) is 5.41 Å². The lowest BCUT2D eigenvalue weighted by Crippen LogP contribution is -2.10. The van der Waals surface area contributed by atoms with Gasteiger partial charge in [-0.05, 0) is 23.1 Å². The molecule has 2 rings (SSSR count). The summed E-state index contributed by atoms with van der Waals surface area (Å²) in [6.45, 7) is 6.35. The third-order valence-electron chi connectivity index (χ3n) is 2.97. The van der Waals surface area contributed by atoms with Crippen LogP contribution in [0.3, 0.4) is 0 Å². The molecule has 0 atom stereocenters. The van der Waals surface area contributed by atoms with Crippen LogP contribution in [0.5, 0.6) is 0 Å². The lowest BCUT2D eigenvalue weighted by atomic mass is 9.87. The molecule has 110 valence electrons. The van der Waals surface area contributed by atoms with Crippen molar-refractivity contribution < 1.29 is 4.92 Å². The highest BCUT2D eigenvalue weighted by molar-refractivity contribution is 6.31. The van der Waals surface area contributed by atoms with Gasteiger partial charge in [0.15, 0.2) is 0 Å². The molecule has 0 aliphatic rings. The molecular weight excluding hydrogens is 292 g/mol. The first-order valence-electron chi connectivity index (χ1n) is 6.31. The van der Waals surface area contributed by atoms with E-state index in [1.54, 1.807) is 0 Å². The molecule has 6 nitrogen and oxygen atoms in total. The maximum absolute atomic E-state index is 11.0. The Labute approximate surface area is 127 Å². The van der Waals surface area contributed by atoms with E-state index >= 15 is 0 Å². The molecule has 1 N–H and O–H groups in total. The quantitative estimate of drug-likeness (QED) is 0.525. The number of halogens is 1. The van der Waals surface area contributed by atoms with E-state index in [0.29, 0.717) is 5.69 Å². The first kappa shape index (κ1) is 15.2. The fourth-order valence-electron chi connectivity index (χ4n) is 1.80. The topological polar surface area (TPSA) is 81.0 Å². The molecule has 0 saturated carbocycles. The van der Waals surface area contributed by atoms with Gasteiger partial charge in [-0.3, -0.25) is 10.1 Å². The summed E-state index contributed by atoms with van der Waals surface area (Å²) in [4.78, 5) is 17.9. The number of nitrogens with zero attached hydrogens (tertiary/aromatic N) is 3. The van der Waals surface area contributed by atoms with Crippen LogP contribution in [0.2, 0.25) is 5.15 Å². The molecule has 0 bridgehead atoms. The average Bonchev–Trinajstić information content (AvgIpc) is 2.38. The third kappa shape index (κ3) is 3.46. The molecule has 0 unspecified atom stereocenters. The van der Waals surface area contributed by atoms with Crippen LogP contribution < -0.4 is 5.32 Å². The van der Waals surface area contributed by atoms with Gasteiger partial charge in [0.25, 0.3) is 0 Å². The minimum atomic E-state index is -0.603. The lowest BCUT2D eigenvalue weighted by molar-refractivity contribution is -0.384. The molecule has 1 aromatic heterocycles. The fourth-order valence-corrected chi connectivity index (χ4v) is 2.00. The summed E-state index contributed by atoms with van der Waals surface area (Å²) >= 11 is 5.74. The van der Waals surface area contributed by atoms with Crippen LogP contribution in [0.4, 0.5) is 17.2 Å². The molecule has 0 spiro atoms. The number of nitro groups is 1. The van der Waals surface area contributed by atoms with Crippen molar-refractivity contribution in [2.45, 2.75) is 26.2 Å². The van der Waals surface area contributed by atoms with Gasteiger partial charge in [0, 0.05) is 5.69 Å². The van der Waals surface area contributed by atoms with Gasteiger partial charge in [-0.15, -0.1) is 0 Å². The summed E-state index contributed by atoms with van der Waals surface area (Å²) in [6.07, 6.45) is 1.18. The number of hydrogen-bond acceptors (Lipinski definition) is 5. The van der Waals surface area contributed by atoms with Gasteiger partial charge in [0.2, 0.25) is 11.0 Å². The highest BCUT2D eigenvalue weighted by atomic mass is 35.5. The zero-order valence-corrected chi connectivity index (χ0v) is 12.7. The molecule has 0 amide bonds. The molecule has 0 radical (unpaired) electrons. The Morgan fingerprint density at radius 1 is 1.19 bits per heavy atom. The zero-order valence-electron chi connectivity index (χ0n) is 11.9. The van der Waals surface area contributed by atoms with E-state index < -0.39 is 4.92 Å². The zero-order chi connectivity index (χ0) is 15.6. The van der Waals surface area contributed by atoms with Crippen molar-refractivity contribution in [3.8, 4) is 0 Å². The molecule has 0 saturated heterocycles. The van der Waals surface area contributed by atoms with Crippen molar-refractivity contribution in [1.29, 1.82) is 0 Å². The summed E-state index contributed by atoms with van der Waals surface area (Å²) in [5, 5.41) is 13.7. The van der Waals surface area contributed by atoms with Crippen LogP contribution in [0.1, 0.15) is 26.3 Å². The van der Waals surface area contributed by atoms with Crippen molar-refractivity contribution in [1.82, 2.24) is 9.97 Å². The summed E-state index contributed by atoms with van der Waals surface area (Å²) < 4.78 is 0. The van der Waals surface area contributed by atoms with E-state index in [1.807, 2.05) is 24.3 Å². The van der Waals surface area contributed by atoms with Crippen molar-refractivity contribution in [3.63, 3.8) is 0 Å². The van der Waals surface area contributed by atoms with Gasteiger partial charge in [-0.1, -0.05) is 44.5 Å². The third-order valence-corrected chi connectivity index (χ3v) is 3.25. The maximum Gasteiger partial charge on any atom is 0.348 e. The molecular formula is C14H15ClN4O2. The van der Waals surface area contributed by atoms with Crippen LogP contribution in [-0.4, -0.2) is 14.9 Å². The number of nitrogens with one attached hydrogen (secondary N) is 1. The highest BCUT2D eigenvalue weighted by Crippen LogP contribution is 2.31. The second kappa shape index (κ2) is 5.65. The van der Waals surface area contributed by atoms with Gasteiger partial charge in [-0.2, -0.15) is 0 Å². The van der Waals surface area contributed by atoms with E-state index in [-0.39, 0.29) is 22.1 Å². The van der Waals surface area contributed by atoms with E-state index in [0.717, 1.165) is 0 Å². The highest BCUT2D eigenvalue weighted by Gasteiger charge is 2.21. The Kier molecular flexibility index (Phi) is 4.09. The molecule has 0 fully saturated rings. The largest absolute Gasteiger partial charge is 0.348 e. The molecule has 21 heavy (non-hydrogen) atoms. The molecule has 0 aliphatic carbocycles. The summed E-state index contributed by atoms with van der Waals surface area (Å²) in [5.41, 5.74) is 1.58. The van der Waals surface area contributed by atoms with Crippen LogP contribution in [0, 0.1) is 10.1 Å². The normalized spacial score (nSPS) is 11.2. The number of benzene rings is 1. The molecule has 2 aromatic rings. The van der Waals surface area contributed by atoms with Crippen molar-refractivity contribution >= 4 is 28.8 Å². The molecule has 0 aliphatic heterocycles. The van der Waals surface area contributed by atoms with Gasteiger partial charge in [0.05, 0.1) is 4.92 Å². The van der Waals surface area contributed by atoms with Crippen LogP contribution in [0.25, 0.3) is 0 Å². The number of hydrogen-bond donors (Lipinski definition) is 1. The average molecular weight is 307 g/mol. The standard InChI is InChI=1S/C14H15ClN4O2/c1-14(2,3)9-4-6-10(7-5-9)18-13-11(19(20)21)12(15)16-8-17-13/h4-8H,1-3H3,(H,16,17,18). The number of anilines is 2. The Morgan fingerprint density at radius 2 is 1.81 bits per heavy atom. The number of rotatable bonds is 3. The van der Waals surface area contributed by atoms with Crippen LogP contribution >= 0.6 is 11.6 Å². The van der Waals surface area contributed by atoms with E-state index in [2.05, 4.69) is 36.1 Å². The van der Waals surface area contributed by atoms with E-state index in [4.69, 9.17) is 11.6 Å². The van der Waals surface area contributed by atoms with Crippen molar-refractivity contribution in [3.05, 3.63) is 51.4 Å². The Balaban J connectivity index is 2.31. The minimum absolute atomic E-state index is 0.0444. The predicted molar refractivity (Wildman–Crippen MR) is 82.1 cm³/mol. The Morgan fingerprint density at radius 3 is 2.33 bits per heavy atom. The molecule has 1 heterocycles. The number of aromatic nitrogens is 2. The molecule has 1 aromatic carbocycles. The van der Waals surface area contributed by atoms with E-state index in [1.165, 1.54) is 11.9 Å². The van der Waals surface area contributed by atoms with Gasteiger partial charge in [-0.25, -0.2) is 9.97 Å². The summed E-state index contributed by atoms with van der Waals surface area (Å²) in [7, 11) is 0. The van der Waals surface area contributed by atoms with Gasteiger partial charge < -0.3 is 5.32 Å². The molecule has 7 heteroatoms. The Hall–Kier alpha value is -2.21. The smallest absolute Gasteiger partial charge is 0.334 e. The Bertz CT molecular complexity index is 666. The van der Waals surface area contributed by atoms with E-state index in [9.17, 15) is 10.1 Å². The van der Waals surface area contributed by atoms with Gasteiger partial charge >= 0.3 is 5.69 Å². The van der Waals surface area contributed by atoms with Gasteiger partial charge in [0.1, 0.15) is 6.33 Å². The minimum Gasteiger partial charge on any atom is -0.334 e. The first-order chi connectivity index (χ1) is 9.79.